The van der Waals surface area contributed by atoms with Crippen LogP contribution in [0, 0.1) is 12.8 Å². The number of hydrogen-bond donors (Lipinski definition) is 1. The first-order chi connectivity index (χ1) is 9.72. The molecular weight excluding hydrogens is 252 g/mol. The van der Waals surface area contributed by atoms with Gasteiger partial charge in [-0.2, -0.15) is 0 Å². The van der Waals surface area contributed by atoms with Crippen molar-refractivity contribution in [2.24, 2.45) is 5.92 Å². The summed E-state index contributed by atoms with van der Waals surface area (Å²) in [5, 5.41) is 3.47. The van der Waals surface area contributed by atoms with Crippen molar-refractivity contribution in [2.45, 2.75) is 32.7 Å². The lowest BCUT2D eigenvalue weighted by molar-refractivity contribution is 0.0755. The number of nitrogens with zero attached hydrogens (tertiary/aromatic N) is 3. The predicted octanol–water partition coefficient (Wildman–Crippen LogP) is 1.68. The number of hydrogen-bond acceptors (Lipinski definition) is 5. The Morgan fingerprint density at radius 1 is 1.30 bits per heavy atom. The zero-order valence-electron chi connectivity index (χ0n) is 12.4. The number of morpholine rings is 1. The molecule has 1 N–H and O–H groups in total. The second-order valence-corrected chi connectivity index (χ2v) is 5.95. The van der Waals surface area contributed by atoms with Crippen molar-refractivity contribution in [3.8, 4) is 0 Å². The highest BCUT2D eigenvalue weighted by Gasteiger charge is 2.21. The third-order valence-corrected chi connectivity index (χ3v) is 4.23. The van der Waals surface area contributed by atoms with Crippen LogP contribution in [0.3, 0.4) is 0 Å². The van der Waals surface area contributed by atoms with Crippen LogP contribution in [0.1, 0.15) is 37.3 Å². The number of nitrogens with one attached hydrogen (secondary N) is 1. The van der Waals surface area contributed by atoms with E-state index in [0.717, 1.165) is 49.5 Å². The Morgan fingerprint density at radius 2 is 2.10 bits per heavy atom. The monoisotopic (exact) mass is 276 g/mol. The third-order valence-electron chi connectivity index (χ3n) is 4.23. The molecule has 0 aliphatic carbocycles. The summed E-state index contributed by atoms with van der Waals surface area (Å²) < 4.78 is 5.54. The van der Waals surface area contributed by atoms with Crippen LogP contribution in [0.4, 0.5) is 5.82 Å². The fourth-order valence-corrected chi connectivity index (χ4v) is 2.91. The van der Waals surface area contributed by atoms with Gasteiger partial charge >= 0.3 is 0 Å². The smallest absolute Gasteiger partial charge is 0.132 e. The second kappa shape index (κ2) is 6.06. The first kappa shape index (κ1) is 13.8. The lowest BCUT2D eigenvalue weighted by Crippen LogP contribution is -2.36. The maximum absolute atomic E-state index is 5.54. The molecule has 20 heavy (non-hydrogen) atoms. The van der Waals surface area contributed by atoms with E-state index >= 15 is 0 Å². The molecule has 2 aliphatic rings. The van der Waals surface area contributed by atoms with Crippen LogP contribution in [0.5, 0.6) is 0 Å². The van der Waals surface area contributed by atoms with Gasteiger partial charge in [0.1, 0.15) is 11.6 Å². The van der Waals surface area contributed by atoms with E-state index in [4.69, 9.17) is 4.74 Å². The molecule has 0 radical (unpaired) electrons. The quantitative estimate of drug-likeness (QED) is 0.890. The Morgan fingerprint density at radius 3 is 2.80 bits per heavy atom. The maximum atomic E-state index is 5.54. The van der Waals surface area contributed by atoms with Gasteiger partial charge in [0.05, 0.1) is 24.9 Å². The number of ether oxygens (including phenoxy) is 1. The van der Waals surface area contributed by atoms with Crippen LogP contribution in [0.25, 0.3) is 0 Å². The van der Waals surface area contributed by atoms with E-state index in [9.17, 15) is 0 Å². The Labute approximate surface area is 120 Å². The summed E-state index contributed by atoms with van der Waals surface area (Å²) in [6, 6.07) is 2.34. The van der Waals surface area contributed by atoms with Gasteiger partial charge < -0.3 is 15.0 Å². The van der Waals surface area contributed by atoms with E-state index < -0.39 is 0 Å². The van der Waals surface area contributed by atoms with Gasteiger partial charge in [-0.15, -0.1) is 0 Å². The molecule has 0 spiro atoms. The summed E-state index contributed by atoms with van der Waals surface area (Å²) in [5.74, 6) is 2.76. The summed E-state index contributed by atoms with van der Waals surface area (Å²) in [7, 11) is 0. The van der Waals surface area contributed by atoms with E-state index in [2.05, 4.69) is 33.2 Å². The number of rotatable bonds is 2. The highest BCUT2D eigenvalue weighted by molar-refractivity contribution is 5.41. The molecule has 3 rings (SSSR count). The molecule has 1 aromatic rings. The van der Waals surface area contributed by atoms with Crippen molar-refractivity contribution in [1.29, 1.82) is 0 Å². The molecule has 2 fully saturated rings. The van der Waals surface area contributed by atoms with Crippen molar-refractivity contribution in [3.63, 3.8) is 0 Å². The Hall–Kier alpha value is -1.20. The minimum atomic E-state index is 0.202. The van der Waals surface area contributed by atoms with Crippen molar-refractivity contribution in [2.75, 3.05) is 37.7 Å². The summed E-state index contributed by atoms with van der Waals surface area (Å²) in [4.78, 5) is 11.6. The Bertz CT molecular complexity index is 451. The summed E-state index contributed by atoms with van der Waals surface area (Å²) in [6.45, 7) is 8.90. The zero-order chi connectivity index (χ0) is 13.9. The van der Waals surface area contributed by atoms with Crippen molar-refractivity contribution >= 4 is 5.82 Å². The minimum Gasteiger partial charge on any atom is -0.378 e. The molecule has 3 heterocycles. The van der Waals surface area contributed by atoms with Gasteiger partial charge in [0.25, 0.3) is 0 Å². The fraction of sp³-hybridized carbons (Fsp3) is 0.733. The molecule has 0 aromatic carbocycles. The topological polar surface area (TPSA) is 50.3 Å². The van der Waals surface area contributed by atoms with Gasteiger partial charge in [0, 0.05) is 25.7 Å². The molecule has 0 amide bonds. The lowest BCUT2D eigenvalue weighted by atomic mass is 9.99. The highest BCUT2D eigenvalue weighted by atomic mass is 16.5. The molecular formula is C15H24N4O. The highest BCUT2D eigenvalue weighted by Crippen LogP contribution is 2.24. The molecule has 0 saturated carbocycles. The number of aryl methyl sites for hydroxylation is 1. The Balaban J connectivity index is 1.79. The fourth-order valence-electron chi connectivity index (χ4n) is 2.91. The zero-order valence-corrected chi connectivity index (χ0v) is 12.4. The van der Waals surface area contributed by atoms with Gasteiger partial charge in [-0.05, 0) is 25.7 Å². The largest absolute Gasteiger partial charge is 0.378 e. The number of aromatic nitrogens is 2. The average molecular weight is 276 g/mol. The number of piperidine rings is 1. The standard InChI is InChI=1S/C15H24N4O/c1-11-3-6-19(7-4-11)15-9-13(17-12(2)18-15)14-10-20-8-5-16-14/h9,11,14,16H,3-8,10H2,1-2H3/t14-/m0/s1. The van der Waals surface area contributed by atoms with Crippen molar-refractivity contribution < 1.29 is 4.74 Å². The normalized spacial score (nSPS) is 24.9. The average Bonchev–Trinajstić information content (AvgIpc) is 2.48. The SMILES string of the molecule is Cc1nc([C@@H]2COCCN2)cc(N2CCC(C)CC2)n1. The maximum Gasteiger partial charge on any atom is 0.132 e. The van der Waals surface area contributed by atoms with E-state index in [1.54, 1.807) is 0 Å². The molecule has 0 bridgehead atoms. The van der Waals surface area contributed by atoms with Crippen LogP contribution in [0.15, 0.2) is 6.07 Å². The Kier molecular flexibility index (Phi) is 4.17. The van der Waals surface area contributed by atoms with Crippen LogP contribution in [-0.2, 0) is 4.74 Å². The van der Waals surface area contributed by atoms with Gasteiger partial charge in [0.2, 0.25) is 0 Å². The molecule has 5 nitrogen and oxygen atoms in total. The van der Waals surface area contributed by atoms with E-state index in [1.165, 1.54) is 12.8 Å². The van der Waals surface area contributed by atoms with Gasteiger partial charge in [-0.25, -0.2) is 9.97 Å². The van der Waals surface area contributed by atoms with Crippen LogP contribution in [0.2, 0.25) is 0 Å². The minimum absolute atomic E-state index is 0.202. The van der Waals surface area contributed by atoms with Crippen LogP contribution < -0.4 is 10.2 Å². The van der Waals surface area contributed by atoms with E-state index in [0.29, 0.717) is 6.61 Å². The molecule has 5 heteroatoms. The first-order valence-corrected chi connectivity index (χ1v) is 7.64. The van der Waals surface area contributed by atoms with Gasteiger partial charge in [0.15, 0.2) is 0 Å². The van der Waals surface area contributed by atoms with Crippen LogP contribution in [-0.4, -0.2) is 42.8 Å². The first-order valence-electron chi connectivity index (χ1n) is 7.64. The van der Waals surface area contributed by atoms with Crippen molar-refractivity contribution in [3.05, 3.63) is 17.6 Å². The molecule has 1 aromatic heterocycles. The van der Waals surface area contributed by atoms with E-state index in [-0.39, 0.29) is 6.04 Å². The summed E-state index contributed by atoms with van der Waals surface area (Å²) in [5.41, 5.74) is 1.06. The lowest BCUT2D eigenvalue weighted by Gasteiger charge is -2.32. The summed E-state index contributed by atoms with van der Waals surface area (Å²) in [6.07, 6.45) is 2.51. The second-order valence-electron chi connectivity index (χ2n) is 5.95. The number of anilines is 1. The van der Waals surface area contributed by atoms with E-state index in [1.807, 2.05) is 6.92 Å². The predicted molar refractivity (Wildman–Crippen MR) is 78.9 cm³/mol. The van der Waals surface area contributed by atoms with Gasteiger partial charge in [-0.1, -0.05) is 6.92 Å². The molecule has 110 valence electrons. The summed E-state index contributed by atoms with van der Waals surface area (Å²) >= 11 is 0. The van der Waals surface area contributed by atoms with Crippen LogP contribution >= 0.6 is 0 Å². The molecule has 1 atom stereocenters. The van der Waals surface area contributed by atoms with Gasteiger partial charge in [-0.3, -0.25) is 0 Å². The van der Waals surface area contributed by atoms with Crippen molar-refractivity contribution in [1.82, 2.24) is 15.3 Å². The third kappa shape index (κ3) is 3.10. The molecule has 2 saturated heterocycles. The molecule has 2 aliphatic heterocycles. The molecule has 0 unspecified atom stereocenters.